The Labute approximate surface area is 102 Å². The van der Waals surface area contributed by atoms with Crippen LogP contribution in [-0.2, 0) is 4.79 Å². The first-order valence-electron chi connectivity index (χ1n) is 6.36. The number of Topliss-reactive ketones (excluding diaryl/α,β-unsaturated/α-hetero) is 1. The smallest absolute Gasteiger partial charge is 0.133 e. The van der Waals surface area contributed by atoms with E-state index in [0.29, 0.717) is 12.8 Å². The maximum absolute atomic E-state index is 14.0. The van der Waals surface area contributed by atoms with Crippen LogP contribution in [0.15, 0.2) is 12.1 Å². The second-order valence-corrected chi connectivity index (χ2v) is 5.16. The summed E-state index contributed by atoms with van der Waals surface area (Å²) in [7, 11) is 0. The summed E-state index contributed by atoms with van der Waals surface area (Å²) in [6, 6.07) is 3.59. The molecule has 1 saturated carbocycles. The summed E-state index contributed by atoms with van der Waals surface area (Å²) in [5.74, 6) is 0.236. The van der Waals surface area contributed by atoms with Crippen LogP contribution >= 0.6 is 0 Å². The largest absolute Gasteiger partial charge is 0.300 e. The first-order valence-corrected chi connectivity index (χ1v) is 6.36. The van der Waals surface area contributed by atoms with Crippen LogP contribution in [0.4, 0.5) is 4.39 Å². The van der Waals surface area contributed by atoms with Gasteiger partial charge in [-0.25, -0.2) is 4.39 Å². The Hall–Kier alpha value is -1.18. The van der Waals surface area contributed by atoms with Crippen LogP contribution in [0.2, 0.25) is 0 Å². The fourth-order valence-electron chi connectivity index (χ4n) is 2.88. The van der Waals surface area contributed by atoms with E-state index in [-0.39, 0.29) is 17.5 Å². The summed E-state index contributed by atoms with van der Waals surface area (Å²) >= 11 is 0. The second kappa shape index (κ2) is 4.99. The highest BCUT2D eigenvalue weighted by Crippen LogP contribution is 2.34. The molecule has 1 fully saturated rings. The molecule has 0 aromatic heterocycles. The molecular weight excluding hydrogens is 215 g/mol. The molecule has 1 aliphatic carbocycles. The van der Waals surface area contributed by atoms with E-state index in [1.54, 1.807) is 6.07 Å². The Morgan fingerprint density at radius 3 is 2.71 bits per heavy atom. The first-order chi connectivity index (χ1) is 8.08. The summed E-state index contributed by atoms with van der Waals surface area (Å²) in [5, 5.41) is 0. The van der Waals surface area contributed by atoms with Crippen LogP contribution in [0, 0.1) is 19.7 Å². The average Bonchev–Trinajstić information content (AvgIpc) is 2.41. The van der Waals surface area contributed by atoms with E-state index in [2.05, 4.69) is 0 Å². The highest BCUT2D eigenvalue weighted by molar-refractivity contribution is 5.79. The van der Waals surface area contributed by atoms with E-state index in [1.165, 1.54) is 0 Å². The Balaban J connectivity index is 2.35. The van der Waals surface area contributed by atoms with Crippen LogP contribution in [0.5, 0.6) is 0 Å². The van der Waals surface area contributed by atoms with Crippen LogP contribution in [0.3, 0.4) is 0 Å². The minimum atomic E-state index is -0.137. The third-order valence-electron chi connectivity index (χ3n) is 3.62. The Morgan fingerprint density at radius 2 is 2.00 bits per heavy atom. The molecule has 2 heteroatoms. The molecule has 1 aromatic carbocycles. The number of ketones is 1. The molecule has 0 saturated heterocycles. The number of carbonyl (C=O) groups is 1. The molecule has 1 nitrogen and oxygen atoms in total. The van der Waals surface area contributed by atoms with Gasteiger partial charge in [0.25, 0.3) is 0 Å². The van der Waals surface area contributed by atoms with Crippen molar-refractivity contribution in [2.24, 2.45) is 0 Å². The van der Waals surface area contributed by atoms with Crippen molar-refractivity contribution in [1.29, 1.82) is 0 Å². The number of benzene rings is 1. The lowest BCUT2D eigenvalue weighted by Crippen LogP contribution is -2.08. The highest BCUT2D eigenvalue weighted by atomic mass is 19.1. The van der Waals surface area contributed by atoms with Gasteiger partial charge in [0.2, 0.25) is 0 Å². The van der Waals surface area contributed by atoms with Crippen LogP contribution in [0.1, 0.15) is 54.7 Å². The number of carbonyl (C=O) groups excluding carboxylic acids is 1. The second-order valence-electron chi connectivity index (χ2n) is 5.16. The topological polar surface area (TPSA) is 17.1 Å². The molecule has 1 atom stereocenters. The molecule has 0 spiro atoms. The van der Waals surface area contributed by atoms with Crippen molar-refractivity contribution < 1.29 is 9.18 Å². The Bertz CT molecular complexity index is 414. The van der Waals surface area contributed by atoms with Gasteiger partial charge < -0.3 is 0 Å². The molecule has 0 radical (unpaired) electrons. The van der Waals surface area contributed by atoms with E-state index in [9.17, 15) is 9.18 Å². The standard InChI is InChI=1S/C15H19FO/c1-10-7-11(2)15(14(16)8-10)12-5-3-4-6-13(17)9-12/h7-8,12H,3-6,9H2,1-2H3. The Morgan fingerprint density at radius 1 is 1.24 bits per heavy atom. The first kappa shape index (κ1) is 12.3. The molecule has 92 valence electrons. The van der Waals surface area contributed by atoms with Gasteiger partial charge in [-0.3, -0.25) is 4.79 Å². The number of halogens is 1. The maximum atomic E-state index is 14.0. The summed E-state index contributed by atoms with van der Waals surface area (Å²) in [5.41, 5.74) is 2.71. The van der Waals surface area contributed by atoms with E-state index in [4.69, 9.17) is 0 Å². The number of hydrogen-bond donors (Lipinski definition) is 0. The number of rotatable bonds is 1. The highest BCUT2D eigenvalue weighted by Gasteiger charge is 2.23. The molecule has 1 aliphatic rings. The van der Waals surface area contributed by atoms with Crippen molar-refractivity contribution in [2.45, 2.75) is 51.9 Å². The van der Waals surface area contributed by atoms with Crippen molar-refractivity contribution in [3.05, 3.63) is 34.6 Å². The zero-order valence-electron chi connectivity index (χ0n) is 10.6. The Kier molecular flexibility index (Phi) is 3.60. The van der Waals surface area contributed by atoms with Gasteiger partial charge in [-0.2, -0.15) is 0 Å². The lowest BCUT2D eigenvalue weighted by atomic mass is 9.87. The van der Waals surface area contributed by atoms with E-state index >= 15 is 0 Å². The van der Waals surface area contributed by atoms with Gasteiger partial charge in [0.15, 0.2) is 0 Å². The minimum Gasteiger partial charge on any atom is -0.300 e. The van der Waals surface area contributed by atoms with Gasteiger partial charge in [0.1, 0.15) is 11.6 Å². The average molecular weight is 234 g/mol. The summed E-state index contributed by atoms with van der Waals surface area (Å²) in [4.78, 5) is 11.6. The summed E-state index contributed by atoms with van der Waals surface area (Å²) in [6.45, 7) is 3.85. The van der Waals surface area contributed by atoms with E-state index < -0.39 is 0 Å². The zero-order valence-corrected chi connectivity index (χ0v) is 10.6. The maximum Gasteiger partial charge on any atom is 0.133 e. The molecule has 17 heavy (non-hydrogen) atoms. The van der Waals surface area contributed by atoms with Gasteiger partial charge in [-0.05, 0) is 55.4 Å². The van der Waals surface area contributed by atoms with Crippen molar-refractivity contribution in [3.8, 4) is 0 Å². The minimum absolute atomic E-state index is 0.0885. The van der Waals surface area contributed by atoms with Gasteiger partial charge in [0, 0.05) is 12.8 Å². The van der Waals surface area contributed by atoms with Crippen LogP contribution in [0.25, 0.3) is 0 Å². The van der Waals surface area contributed by atoms with Crippen molar-refractivity contribution >= 4 is 5.78 Å². The number of aryl methyl sites for hydroxylation is 2. The van der Waals surface area contributed by atoms with E-state index in [0.717, 1.165) is 36.0 Å². The van der Waals surface area contributed by atoms with Crippen LogP contribution in [-0.4, -0.2) is 5.78 Å². The molecule has 0 bridgehead atoms. The predicted molar refractivity (Wildman–Crippen MR) is 66.7 cm³/mol. The van der Waals surface area contributed by atoms with Crippen molar-refractivity contribution in [2.75, 3.05) is 0 Å². The fraction of sp³-hybridized carbons (Fsp3) is 0.533. The monoisotopic (exact) mass is 234 g/mol. The quantitative estimate of drug-likeness (QED) is 0.670. The summed E-state index contributed by atoms with van der Waals surface area (Å²) < 4.78 is 14.0. The normalized spacial score (nSPS) is 21.4. The molecule has 1 aromatic rings. The molecule has 0 N–H and O–H groups in total. The lowest BCUT2D eigenvalue weighted by molar-refractivity contribution is -0.119. The third kappa shape index (κ3) is 2.74. The van der Waals surface area contributed by atoms with Crippen LogP contribution < -0.4 is 0 Å². The number of hydrogen-bond acceptors (Lipinski definition) is 1. The SMILES string of the molecule is Cc1cc(C)c(C2CCCCC(=O)C2)c(F)c1. The molecular formula is C15H19FO. The van der Waals surface area contributed by atoms with E-state index in [1.807, 2.05) is 19.9 Å². The summed E-state index contributed by atoms with van der Waals surface area (Å²) in [6.07, 6.45) is 4.11. The van der Waals surface area contributed by atoms with Gasteiger partial charge in [-0.1, -0.05) is 12.5 Å². The van der Waals surface area contributed by atoms with Gasteiger partial charge >= 0.3 is 0 Å². The third-order valence-corrected chi connectivity index (χ3v) is 3.62. The van der Waals surface area contributed by atoms with Gasteiger partial charge in [-0.15, -0.1) is 0 Å². The zero-order chi connectivity index (χ0) is 12.4. The molecule has 2 rings (SSSR count). The lowest BCUT2D eigenvalue weighted by Gasteiger charge is -2.18. The predicted octanol–water partition coefficient (Wildman–Crippen LogP) is 4.06. The molecule has 1 unspecified atom stereocenters. The molecule has 0 aliphatic heterocycles. The van der Waals surface area contributed by atoms with Crippen molar-refractivity contribution in [3.63, 3.8) is 0 Å². The molecule has 0 amide bonds. The van der Waals surface area contributed by atoms with Crippen molar-refractivity contribution in [1.82, 2.24) is 0 Å². The fourth-order valence-corrected chi connectivity index (χ4v) is 2.88. The van der Waals surface area contributed by atoms with Gasteiger partial charge in [0.05, 0.1) is 0 Å². The molecule has 0 heterocycles.